The molecule has 2 aromatic rings. The molecule has 3 rings (SSSR count). The molecule has 1 N–H and O–H groups in total. The summed E-state index contributed by atoms with van der Waals surface area (Å²) in [7, 11) is 1.69. The highest BCUT2D eigenvalue weighted by molar-refractivity contribution is 5.84. The monoisotopic (exact) mass is 333 g/mol. The van der Waals surface area contributed by atoms with Crippen molar-refractivity contribution >= 4 is 17.0 Å². The molecule has 3 heterocycles. The third-order valence-electron chi connectivity index (χ3n) is 4.40. The topological polar surface area (TPSA) is 76.3 Å². The van der Waals surface area contributed by atoms with Gasteiger partial charge in [0, 0.05) is 32.2 Å². The zero-order valence-electron chi connectivity index (χ0n) is 15.2. The van der Waals surface area contributed by atoms with Gasteiger partial charge in [0.25, 0.3) is 0 Å². The number of aromatic nitrogens is 4. The number of methoxy groups -OCH3 is 1. The van der Waals surface area contributed by atoms with E-state index in [1.165, 1.54) is 0 Å². The Kier molecular flexibility index (Phi) is 4.25. The van der Waals surface area contributed by atoms with Gasteiger partial charge in [-0.25, -0.2) is 15.0 Å². The second-order valence-corrected chi connectivity index (χ2v) is 7.89. The summed E-state index contributed by atoms with van der Waals surface area (Å²) in [6.45, 7) is 10.8. The Bertz CT molecular complexity index is 732. The predicted molar refractivity (Wildman–Crippen MR) is 93.4 cm³/mol. The summed E-state index contributed by atoms with van der Waals surface area (Å²) in [5.41, 5.74) is 0.768. The number of fused-ring (bicyclic) bond motifs is 1. The van der Waals surface area contributed by atoms with Gasteiger partial charge in [-0.1, -0.05) is 20.8 Å². The molecule has 1 aliphatic rings. The molecule has 0 spiro atoms. The van der Waals surface area contributed by atoms with Crippen LogP contribution in [0.5, 0.6) is 0 Å². The molecule has 0 saturated carbocycles. The summed E-state index contributed by atoms with van der Waals surface area (Å²) >= 11 is 0. The number of imidazole rings is 1. The Morgan fingerprint density at radius 3 is 2.67 bits per heavy atom. The molecule has 1 aliphatic heterocycles. The van der Waals surface area contributed by atoms with E-state index in [1.807, 2.05) is 11.5 Å². The summed E-state index contributed by atoms with van der Waals surface area (Å²) in [5.74, 6) is 1.61. The molecule has 0 radical (unpaired) electrons. The molecule has 2 aromatic heterocycles. The molecule has 1 saturated heterocycles. The molecule has 0 aromatic carbocycles. The molecule has 1 unspecified atom stereocenters. The SMILES string of the molecule is COCCn1cnc2c(N3CCC(C)(O)C3)nc(C(C)(C)C)nc21. The molecule has 1 fully saturated rings. The molecule has 0 amide bonds. The highest BCUT2D eigenvalue weighted by Gasteiger charge is 2.34. The van der Waals surface area contributed by atoms with Crippen LogP contribution in [0.2, 0.25) is 0 Å². The van der Waals surface area contributed by atoms with Gasteiger partial charge in [-0.05, 0) is 13.3 Å². The van der Waals surface area contributed by atoms with Crippen LogP contribution in [0.15, 0.2) is 6.33 Å². The molecule has 132 valence electrons. The first kappa shape index (κ1) is 17.1. The Balaban J connectivity index is 2.11. The van der Waals surface area contributed by atoms with Crippen molar-refractivity contribution in [3.8, 4) is 0 Å². The van der Waals surface area contributed by atoms with Crippen molar-refractivity contribution in [2.75, 3.05) is 31.7 Å². The van der Waals surface area contributed by atoms with Crippen molar-refractivity contribution in [2.45, 2.75) is 51.7 Å². The minimum absolute atomic E-state index is 0.165. The maximum atomic E-state index is 10.3. The van der Waals surface area contributed by atoms with E-state index in [4.69, 9.17) is 14.7 Å². The van der Waals surface area contributed by atoms with Gasteiger partial charge in [0.05, 0.1) is 18.5 Å². The van der Waals surface area contributed by atoms with Gasteiger partial charge in [0.15, 0.2) is 17.0 Å². The summed E-state index contributed by atoms with van der Waals surface area (Å²) in [6, 6.07) is 0. The first-order valence-corrected chi connectivity index (χ1v) is 8.41. The van der Waals surface area contributed by atoms with E-state index in [1.54, 1.807) is 13.4 Å². The zero-order valence-corrected chi connectivity index (χ0v) is 15.2. The summed E-state index contributed by atoms with van der Waals surface area (Å²) in [6.07, 6.45) is 2.52. The van der Waals surface area contributed by atoms with E-state index in [9.17, 15) is 5.11 Å². The third kappa shape index (κ3) is 3.23. The number of hydrogen-bond acceptors (Lipinski definition) is 6. The highest BCUT2D eigenvalue weighted by Crippen LogP contribution is 2.31. The van der Waals surface area contributed by atoms with Crippen molar-refractivity contribution in [3.63, 3.8) is 0 Å². The van der Waals surface area contributed by atoms with Crippen LogP contribution in [0.1, 0.15) is 39.9 Å². The van der Waals surface area contributed by atoms with Crippen molar-refractivity contribution in [3.05, 3.63) is 12.2 Å². The van der Waals surface area contributed by atoms with E-state index in [0.29, 0.717) is 19.7 Å². The minimum atomic E-state index is -0.683. The second-order valence-electron chi connectivity index (χ2n) is 7.89. The van der Waals surface area contributed by atoms with Gasteiger partial charge < -0.3 is 19.3 Å². The van der Waals surface area contributed by atoms with Crippen molar-refractivity contribution in [2.24, 2.45) is 0 Å². The van der Waals surface area contributed by atoms with Gasteiger partial charge in [0.2, 0.25) is 0 Å². The van der Waals surface area contributed by atoms with Gasteiger partial charge >= 0.3 is 0 Å². The first-order valence-electron chi connectivity index (χ1n) is 8.41. The lowest BCUT2D eigenvalue weighted by molar-refractivity contribution is 0.0839. The third-order valence-corrected chi connectivity index (χ3v) is 4.40. The Hall–Kier alpha value is -1.73. The van der Waals surface area contributed by atoms with Crippen LogP contribution >= 0.6 is 0 Å². The quantitative estimate of drug-likeness (QED) is 0.918. The van der Waals surface area contributed by atoms with Crippen LogP contribution in [0, 0.1) is 0 Å². The smallest absolute Gasteiger partial charge is 0.165 e. The Labute approximate surface area is 142 Å². The molecule has 7 heteroatoms. The Morgan fingerprint density at radius 2 is 2.08 bits per heavy atom. The number of anilines is 1. The van der Waals surface area contributed by atoms with Crippen LogP contribution in [0.3, 0.4) is 0 Å². The van der Waals surface area contributed by atoms with Crippen LogP contribution in [-0.2, 0) is 16.7 Å². The minimum Gasteiger partial charge on any atom is -0.388 e. The van der Waals surface area contributed by atoms with Crippen LogP contribution in [0.25, 0.3) is 11.2 Å². The van der Waals surface area contributed by atoms with Crippen LogP contribution < -0.4 is 4.90 Å². The van der Waals surface area contributed by atoms with Crippen LogP contribution in [0.4, 0.5) is 5.82 Å². The first-order chi connectivity index (χ1) is 11.2. The van der Waals surface area contributed by atoms with Crippen LogP contribution in [-0.4, -0.2) is 57.0 Å². The molecule has 24 heavy (non-hydrogen) atoms. The normalized spacial score (nSPS) is 21.8. The number of β-amino-alcohol motifs (C(OH)–C–C–N with tert-alkyl or cyclic N) is 1. The number of ether oxygens (including phenoxy) is 1. The fraction of sp³-hybridized carbons (Fsp3) is 0.706. The predicted octanol–water partition coefficient (Wildman–Crippen LogP) is 1.73. The van der Waals surface area contributed by atoms with Crippen molar-refractivity contribution < 1.29 is 9.84 Å². The summed E-state index contributed by atoms with van der Waals surface area (Å²) in [5, 5.41) is 10.3. The standard InChI is InChI=1S/C17H27N5O2/c1-16(2,3)15-19-13(21-7-6-17(4,23)10-21)12-14(20-15)22(11-18-12)8-9-24-5/h11,23H,6-10H2,1-5H3. The molecular weight excluding hydrogens is 306 g/mol. The maximum absolute atomic E-state index is 10.3. The average Bonchev–Trinajstić information content (AvgIpc) is 3.06. The lowest BCUT2D eigenvalue weighted by Crippen LogP contribution is -2.31. The van der Waals surface area contributed by atoms with E-state index < -0.39 is 5.60 Å². The van der Waals surface area contributed by atoms with Gasteiger partial charge in [-0.2, -0.15) is 0 Å². The fourth-order valence-corrected chi connectivity index (χ4v) is 2.96. The van der Waals surface area contributed by atoms with Gasteiger partial charge in [-0.15, -0.1) is 0 Å². The maximum Gasteiger partial charge on any atom is 0.165 e. The summed E-state index contributed by atoms with van der Waals surface area (Å²) < 4.78 is 7.19. The highest BCUT2D eigenvalue weighted by atomic mass is 16.5. The number of nitrogens with zero attached hydrogens (tertiary/aromatic N) is 5. The average molecular weight is 333 g/mol. The van der Waals surface area contributed by atoms with E-state index >= 15 is 0 Å². The largest absolute Gasteiger partial charge is 0.388 e. The van der Waals surface area contributed by atoms with Gasteiger partial charge in [-0.3, -0.25) is 0 Å². The van der Waals surface area contributed by atoms with E-state index in [0.717, 1.165) is 35.8 Å². The van der Waals surface area contributed by atoms with E-state index in [-0.39, 0.29) is 5.41 Å². The lowest BCUT2D eigenvalue weighted by atomic mass is 9.96. The number of aliphatic hydroxyl groups is 1. The number of hydrogen-bond donors (Lipinski definition) is 1. The number of rotatable bonds is 4. The van der Waals surface area contributed by atoms with Crippen molar-refractivity contribution in [1.82, 2.24) is 19.5 Å². The lowest BCUT2D eigenvalue weighted by Gasteiger charge is -2.23. The molecule has 0 bridgehead atoms. The molecule has 0 aliphatic carbocycles. The Morgan fingerprint density at radius 1 is 1.33 bits per heavy atom. The fourth-order valence-electron chi connectivity index (χ4n) is 2.96. The summed E-state index contributed by atoms with van der Waals surface area (Å²) in [4.78, 5) is 16.2. The molecule has 7 nitrogen and oxygen atoms in total. The van der Waals surface area contributed by atoms with Gasteiger partial charge in [0.1, 0.15) is 5.82 Å². The van der Waals surface area contributed by atoms with E-state index in [2.05, 4.69) is 30.7 Å². The molecular formula is C17H27N5O2. The zero-order chi connectivity index (χ0) is 17.5. The van der Waals surface area contributed by atoms with Crippen molar-refractivity contribution in [1.29, 1.82) is 0 Å². The second kappa shape index (κ2) is 5.97. The molecule has 1 atom stereocenters.